The van der Waals surface area contributed by atoms with Crippen LogP contribution >= 0.6 is 0 Å². The molecule has 0 saturated carbocycles. The summed E-state index contributed by atoms with van der Waals surface area (Å²) in [4.78, 5) is 25.4. The summed E-state index contributed by atoms with van der Waals surface area (Å²) in [6.07, 6.45) is 1.07. The van der Waals surface area contributed by atoms with Crippen molar-refractivity contribution in [2.24, 2.45) is 0 Å². The Bertz CT molecular complexity index is 967. The van der Waals surface area contributed by atoms with Crippen LogP contribution in [0.15, 0.2) is 24.3 Å². The Morgan fingerprint density at radius 2 is 1.72 bits per heavy atom. The van der Waals surface area contributed by atoms with Crippen molar-refractivity contribution in [2.75, 3.05) is 29.9 Å². The summed E-state index contributed by atoms with van der Waals surface area (Å²) in [6, 6.07) is 3.45. The van der Waals surface area contributed by atoms with Crippen molar-refractivity contribution in [3.8, 4) is 0 Å². The van der Waals surface area contributed by atoms with E-state index in [1.807, 2.05) is 5.32 Å². The van der Waals surface area contributed by atoms with E-state index >= 15 is 0 Å². The molecule has 2 N–H and O–H groups in total. The van der Waals surface area contributed by atoms with Gasteiger partial charge < -0.3 is 15.5 Å². The molecule has 0 atom stereocenters. The first-order valence-electron chi connectivity index (χ1n) is 8.69. The fourth-order valence-electron chi connectivity index (χ4n) is 3.12. The third-order valence-electron chi connectivity index (χ3n) is 4.39. The molecule has 0 spiro atoms. The maximum atomic E-state index is 14.1. The van der Waals surface area contributed by atoms with E-state index in [4.69, 9.17) is 0 Å². The van der Waals surface area contributed by atoms with Gasteiger partial charge in [0, 0.05) is 12.6 Å². The van der Waals surface area contributed by atoms with Gasteiger partial charge in [0.2, 0.25) is 11.8 Å². The predicted molar refractivity (Wildman–Crippen MR) is 94.8 cm³/mol. The van der Waals surface area contributed by atoms with Gasteiger partial charge in [0.25, 0.3) is 0 Å². The summed E-state index contributed by atoms with van der Waals surface area (Å²) in [6.45, 7) is -0.471. The highest BCUT2D eigenvalue weighted by molar-refractivity contribution is 5.95. The molecule has 29 heavy (non-hydrogen) atoms. The first-order chi connectivity index (χ1) is 13.8. The van der Waals surface area contributed by atoms with Crippen LogP contribution in [0.3, 0.4) is 0 Å². The van der Waals surface area contributed by atoms with Crippen LogP contribution in [-0.4, -0.2) is 31.4 Å². The number of carbonyl (C=O) groups is 2. The first kappa shape index (κ1) is 20.6. The predicted octanol–water partition coefficient (Wildman–Crippen LogP) is 2.89. The lowest BCUT2D eigenvalue weighted by Crippen LogP contribution is -2.42. The van der Waals surface area contributed by atoms with Crippen molar-refractivity contribution in [2.45, 2.75) is 12.8 Å². The largest absolute Gasteiger partial charge is 0.360 e. The van der Waals surface area contributed by atoms with Crippen molar-refractivity contribution < 1.29 is 31.5 Å². The third-order valence-corrected chi connectivity index (χ3v) is 4.39. The zero-order valence-electron chi connectivity index (χ0n) is 15.0. The van der Waals surface area contributed by atoms with E-state index in [-0.39, 0.29) is 12.2 Å². The molecule has 0 aromatic heterocycles. The summed E-state index contributed by atoms with van der Waals surface area (Å²) < 4.78 is 67.1. The summed E-state index contributed by atoms with van der Waals surface area (Å²) in [5.74, 6) is -7.65. The number of anilines is 2. The number of hydrogen-bond acceptors (Lipinski definition) is 3. The van der Waals surface area contributed by atoms with E-state index in [0.717, 1.165) is 12.1 Å². The van der Waals surface area contributed by atoms with Crippen LogP contribution in [0.4, 0.5) is 33.3 Å². The number of benzene rings is 2. The average Bonchev–Trinajstić information content (AvgIpc) is 2.66. The van der Waals surface area contributed by atoms with Gasteiger partial charge in [-0.1, -0.05) is 0 Å². The number of aryl methyl sites for hydroxylation is 1. The molecule has 0 aliphatic carbocycles. The molecule has 154 valence electrons. The SMILES string of the molecule is O=C(CN1CCCc2cc(F)cc(F)c21)NCC(=O)Nc1ccc(F)c(F)c1F. The van der Waals surface area contributed by atoms with Gasteiger partial charge in [-0.25, -0.2) is 22.0 Å². The zero-order chi connectivity index (χ0) is 21.1. The van der Waals surface area contributed by atoms with Crippen molar-refractivity contribution >= 4 is 23.2 Å². The van der Waals surface area contributed by atoms with E-state index in [9.17, 15) is 31.5 Å². The third kappa shape index (κ3) is 4.64. The monoisotopic (exact) mass is 413 g/mol. The van der Waals surface area contributed by atoms with Gasteiger partial charge in [-0.05, 0) is 36.6 Å². The van der Waals surface area contributed by atoms with Gasteiger partial charge >= 0.3 is 0 Å². The van der Waals surface area contributed by atoms with Crippen molar-refractivity contribution in [1.29, 1.82) is 0 Å². The van der Waals surface area contributed by atoms with E-state index in [2.05, 4.69) is 5.32 Å². The van der Waals surface area contributed by atoms with Crippen molar-refractivity contribution in [1.82, 2.24) is 5.32 Å². The van der Waals surface area contributed by atoms with Gasteiger partial charge in [0.1, 0.15) is 11.6 Å². The summed E-state index contributed by atoms with van der Waals surface area (Å²) in [5, 5.41) is 4.30. The van der Waals surface area contributed by atoms with E-state index < -0.39 is 53.1 Å². The molecular formula is C19H16F5N3O2. The quantitative estimate of drug-likeness (QED) is 0.586. The lowest BCUT2D eigenvalue weighted by Gasteiger charge is -2.31. The van der Waals surface area contributed by atoms with E-state index in [1.165, 1.54) is 11.0 Å². The van der Waals surface area contributed by atoms with Crippen LogP contribution in [0.25, 0.3) is 0 Å². The molecule has 2 aromatic rings. The molecule has 0 unspecified atom stereocenters. The second kappa shape index (κ2) is 8.46. The minimum Gasteiger partial charge on any atom is -0.360 e. The lowest BCUT2D eigenvalue weighted by molar-refractivity contribution is -0.123. The first-order valence-corrected chi connectivity index (χ1v) is 8.69. The number of nitrogens with zero attached hydrogens (tertiary/aromatic N) is 1. The Kier molecular flexibility index (Phi) is 6.00. The number of amides is 2. The van der Waals surface area contributed by atoms with Gasteiger partial charge in [0.15, 0.2) is 17.5 Å². The van der Waals surface area contributed by atoms with E-state index in [1.54, 1.807) is 0 Å². The molecule has 0 fully saturated rings. The zero-order valence-corrected chi connectivity index (χ0v) is 15.0. The fourth-order valence-corrected chi connectivity index (χ4v) is 3.12. The van der Waals surface area contributed by atoms with Crippen LogP contribution in [0.2, 0.25) is 0 Å². The van der Waals surface area contributed by atoms with Gasteiger partial charge in [0.05, 0.1) is 24.5 Å². The van der Waals surface area contributed by atoms with Gasteiger partial charge in [-0.3, -0.25) is 9.59 Å². The van der Waals surface area contributed by atoms with Crippen molar-refractivity contribution in [3.05, 3.63) is 58.9 Å². The number of nitrogens with one attached hydrogen (secondary N) is 2. The Hall–Kier alpha value is -3.17. The number of fused-ring (bicyclic) bond motifs is 1. The average molecular weight is 413 g/mol. The Morgan fingerprint density at radius 1 is 0.966 bits per heavy atom. The highest BCUT2D eigenvalue weighted by atomic mass is 19.2. The smallest absolute Gasteiger partial charge is 0.243 e. The molecule has 0 bridgehead atoms. The summed E-state index contributed by atoms with van der Waals surface area (Å²) in [5.41, 5.74) is 0.0198. The standard InChI is InChI=1S/C19H16F5N3O2/c20-11-6-10-2-1-5-27(19(10)13(22)7-11)9-16(29)25-8-15(28)26-14-4-3-12(21)17(23)18(14)24/h3-4,6-7H,1-2,5,8-9H2,(H,25,29)(H,26,28). The molecule has 2 aromatic carbocycles. The van der Waals surface area contributed by atoms with Crippen LogP contribution < -0.4 is 15.5 Å². The van der Waals surface area contributed by atoms with Crippen LogP contribution in [-0.2, 0) is 16.0 Å². The topological polar surface area (TPSA) is 61.4 Å². The minimum atomic E-state index is -1.73. The molecule has 1 aliphatic heterocycles. The normalized spacial score (nSPS) is 13.1. The Morgan fingerprint density at radius 3 is 2.48 bits per heavy atom. The van der Waals surface area contributed by atoms with Gasteiger partial charge in [-0.15, -0.1) is 0 Å². The van der Waals surface area contributed by atoms with Crippen LogP contribution in [0, 0.1) is 29.1 Å². The lowest BCUT2D eigenvalue weighted by atomic mass is 10.0. The molecule has 0 radical (unpaired) electrons. The molecule has 0 saturated heterocycles. The Labute approximate surface area is 162 Å². The maximum Gasteiger partial charge on any atom is 0.243 e. The number of carbonyl (C=O) groups excluding carboxylic acids is 2. The highest BCUT2D eigenvalue weighted by Crippen LogP contribution is 2.30. The van der Waals surface area contributed by atoms with Gasteiger partial charge in [-0.2, -0.15) is 0 Å². The minimum absolute atomic E-state index is 0.140. The molecule has 2 amide bonds. The van der Waals surface area contributed by atoms with E-state index in [0.29, 0.717) is 31.0 Å². The number of rotatable bonds is 5. The Balaban J connectivity index is 1.57. The second-order valence-electron chi connectivity index (χ2n) is 6.47. The maximum absolute atomic E-state index is 14.1. The van der Waals surface area contributed by atoms with Crippen LogP contribution in [0.5, 0.6) is 0 Å². The molecule has 3 rings (SSSR count). The molecule has 1 aliphatic rings. The summed E-state index contributed by atoms with van der Waals surface area (Å²) >= 11 is 0. The van der Waals surface area contributed by atoms with Crippen molar-refractivity contribution in [3.63, 3.8) is 0 Å². The highest BCUT2D eigenvalue weighted by Gasteiger charge is 2.24. The van der Waals surface area contributed by atoms with Crippen LogP contribution in [0.1, 0.15) is 12.0 Å². The molecule has 1 heterocycles. The summed E-state index contributed by atoms with van der Waals surface area (Å²) in [7, 11) is 0. The fraction of sp³-hybridized carbons (Fsp3) is 0.263. The molecule has 5 nitrogen and oxygen atoms in total. The molecule has 10 heteroatoms. The second-order valence-corrected chi connectivity index (χ2v) is 6.47. The number of hydrogen-bond donors (Lipinski definition) is 2. The number of halogens is 5. The molecular weight excluding hydrogens is 397 g/mol.